The molecule has 0 amide bonds. The highest BCUT2D eigenvalue weighted by atomic mass is 16.3. The fourth-order valence-electron chi connectivity index (χ4n) is 1.48. The average molecular weight is 140 g/mol. The summed E-state index contributed by atoms with van der Waals surface area (Å²) in [4.78, 5) is 0. The maximum absolute atomic E-state index is 8.53. The predicted molar refractivity (Wildman–Crippen MR) is 43.6 cm³/mol. The number of hydrogen-bond donors (Lipinski definition) is 1. The number of rotatable bonds is 2. The molecule has 1 rings (SSSR count). The van der Waals surface area contributed by atoms with Crippen molar-refractivity contribution in [1.29, 1.82) is 0 Å². The summed E-state index contributed by atoms with van der Waals surface area (Å²) in [5, 5.41) is 8.53. The maximum atomic E-state index is 8.53. The number of hydrogen-bond acceptors (Lipinski definition) is 1. The molecule has 58 valence electrons. The Morgan fingerprint density at radius 3 is 2.10 bits per heavy atom. The van der Waals surface area contributed by atoms with Gasteiger partial charge >= 0.3 is 0 Å². The molecule has 0 aromatic carbocycles. The molecule has 0 bridgehead atoms. The van der Waals surface area contributed by atoms with Crippen LogP contribution in [0.2, 0.25) is 0 Å². The molecule has 1 fully saturated rings. The summed E-state index contributed by atoms with van der Waals surface area (Å²) in [5.41, 5.74) is 0. The molecule has 0 atom stereocenters. The van der Waals surface area contributed by atoms with Gasteiger partial charge in [0.05, 0.1) is 0 Å². The van der Waals surface area contributed by atoms with E-state index in [4.69, 9.17) is 5.11 Å². The van der Waals surface area contributed by atoms with Gasteiger partial charge in [-0.25, -0.2) is 0 Å². The zero-order valence-corrected chi connectivity index (χ0v) is 6.42. The Bertz CT molecular complexity index is 80.0. The molecule has 0 spiro atoms. The molecular formula is C9H16O. The summed E-state index contributed by atoms with van der Waals surface area (Å²) in [6.45, 7) is 0.394. The van der Waals surface area contributed by atoms with Crippen LogP contribution in [0.25, 0.3) is 0 Å². The van der Waals surface area contributed by atoms with E-state index in [0.717, 1.165) is 12.3 Å². The van der Waals surface area contributed by atoms with Crippen LogP contribution in [0.5, 0.6) is 0 Å². The van der Waals surface area contributed by atoms with Crippen LogP contribution in [-0.4, -0.2) is 11.7 Å². The Balaban J connectivity index is 0.000000371. The first-order valence-corrected chi connectivity index (χ1v) is 3.87. The topological polar surface area (TPSA) is 20.2 Å². The molecule has 0 aromatic rings. The van der Waals surface area contributed by atoms with E-state index in [1.807, 2.05) is 0 Å². The van der Waals surface area contributed by atoms with Gasteiger partial charge in [-0.05, 0) is 12.3 Å². The highest BCUT2D eigenvalue weighted by molar-refractivity contribution is 4.65. The first-order chi connectivity index (χ1) is 4.93. The maximum Gasteiger partial charge on any atom is 0.0433 e. The summed E-state index contributed by atoms with van der Waals surface area (Å²) < 4.78 is 0. The SMILES string of the molecule is C#C.OCCC1CCCC1. The van der Waals surface area contributed by atoms with Crippen LogP contribution in [0.3, 0.4) is 0 Å². The van der Waals surface area contributed by atoms with Crippen molar-refractivity contribution in [3.63, 3.8) is 0 Å². The molecule has 0 aliphatic heterocycles. The van der Waals surface area contributed by atoms with Crippen LogP contribution in [-0.2, 0) is 0 Å². The molecular weight excluding hydrogens is 124 g/mol. The second kappa shape index (κ2) is 6.64. The van der Waals surface area contributed by atoms with Crippen LogP contribution >= 0.6 is 0 Å². The van der Waals surface area contributed by atoms with Gasteiger partial charge in [0.25, 0.3) is 0 Å². The minimum absolute atomic E-state index is 0.394. The van der Waals surface area contributed by atoms with Crippen molar-refractivity contribution in [2.75, 3.05) is 6.61 Å². The van der Waals surface area contributed by atoms with Crippen molar-refractivity contribution in [3.8, 4) is 12.8 Å². The molecule has 0 heterocycles. The largest absolute Gasteiger partial charge is 0.396 e. The Labute approximate surface area is 63.5 Å². The second-order valence-corrected chi connectivity index (χ2v) is 2.66. The van der Waals surface area contributed by atoms with E-state index in [0.29, 0.717) is 6.61 Å². The molecule has 1 aliphatic carbocycles. The van der Waals surface area contributed by atoms with Gasteiger partial charge in [-0.3, -0.25) is 0 Å². The van der Waals surface area contributed by atoms with Gasteiger partial charge in [0.1, 0.15) is 0 Å². The first-order valence-electron chi connectivity index (χ1n) is 3.87. The molecule has 1 nitrogen and oxygen atoms in total. The number of terminal acetylenes is 1. The minimum atomic E-state index is 0.394. The lowest BCUT2D eigenvalue weighted by atomic mass is 10.1. The number of aliphatic hydroxyl groups excluding tert-OH is 1. The van der Waals surface area contributed by atoms with E-state index in [1.54, 1.807) is 0 Å². The summed E-state index contributed by atoms with van der Waals surface area (Å²) in [6.07, 6.45) is 14.6. The third-order valence-electron chi connectivity index (χ3n) is 2.01. The van der Waals surface area contributed by atoms with Crippen molar-refractivity contribution in [1.82, 2.24) is 0 Å². The fraction of sp³-hybridized carbons (Fsp3) is 0.778. The molecule has 0 saturated heterocycles. The highest BCUT2D eigenvalue weighted by Crippen LogP contribution is 2.26. The highest BCUT2D eigenvalue weighted by Gasteiger charge is 2.12. The Morgan fingerprint density at radius 2 is 1.70 bits per heavy atom. The summed E-state index contributed by atoms with van der Waals surface area (Å²) in [5.74, 6) is 0.861. The molecule has 1 heteroatoms. The minimum Gasteiger partial charge on any atom is -0.396 e. The van der Waals surface area contributed by atoms with Gasteiger partial charge in [-0.1, -0.05) is 25.7 Å². The standard InChI is InChI=1S/C7H14O.C2H2/c8-6-5-7-3-1-2-4-7;1-2/h7-8H,1-6H2;1-2H. The smallest absolute Gasteiger partial charge is 0.0433 e. The number of aliphatic hydroxyl groups is 1. The third kappa shape index (κ3) is 3.53. The van der Waals surface area contributed by atoms with E-state index in [1.165, 1.54) is 25.7 Å². The van der Waals surface area contributed by atoms with Crippen molar-refractivity contribution in [2.24, 2.45) is 5.92 Å². The van der Waals surface area contributed by atoms with E-state index in [-0.39, 0.29) is 0 Å². The van der Waals surface area contributed by atoms with Crippen LogP contribution < -0.4 is 0 Å². The van der Waals surface area contributed by atoms with Gasteiger partial charge in [0.15, 0.2) is 0 Å². The van der Waals surface area contributed by atoms with Crippen molar-refractivity contribution < 1.29 is 5.11 Å². The van der Waals surface area contributed by atoms with Gasteiger partial charge in [0, 0.05) is 6.61 Å². The Kier molecular flexibility index (Phi) is 6.32. The van der Waals surface area contributed by atoms with Crippen LogP contribution in [0.1, 0.15) is 32.1 Å². The van der Waals surface area contributed by atoms with E-state index in [9.17, 15) is 0 Å². The first kappa shape index (κ1) is 9.52. The monoisotopic (exact) mass is 140 g/mol. The molecule has 1 aliphatic rings. The predicted octanol–water partition coefficient (Wildman–Crippen LogP) is 1.81. The zero-order chi connectivity index (χ0) is 7.82. The van der Waals surface area contributed by atoms with Crippen molar-refractivity contribution in [2.45, 2.75) is 32.1 Å². The van der Waals surface area contributed by atoms with Gasteiger partial charge < -0.3 is 5.11 Å². The molecule has 0 radical (unpaired) electrons. The summed E-state index contributed by atoms with van der Waals surface area (Å²) >= 11 is 0. The van der Waals surface area contributed by atoms with Crippen molar-refractivity contribution in [3.05, 3.63) is 0 Å². The van der Waals surface area contributed by atoms with Crippen LogP contribution in [0.4, 0.5) is 0 Å². The molecule has 0 aromatic heterocycles. The molecule has 10 heavy (non-hydrogen) atoms. The summed E-state index contributed by atoms with van der Waals surface area (Å²) in [6, 6.07) is 0. The average Bonchev–Trinajstić information content (AvgIpc) is 2.46. The third-order valence-corrected chi connectivity index (χ3v) is 2.01. The van der Waals surface area contributed by atoms with Gasteiger partial charge in [0.2, 0.25) is 0 Å². The Morgan fingerprint density at radius 1 is 1.20 bits per heavy atom. The molecule has 1 N–H and O–H groups in total. The van der Waals surface area contributed by atoms with Gasteiger partial charge in [-0.15, -0.1) is 12.8 Å². The van der Waals surface area contributed by atoms with Crippen molar-refractivity contribution >= 4 is 0 Å². The summed E-state index contributed by atoms with van der Waals surface area (Å²) in [7, 11) is 0. The fourth-order valence-corrected chi connectivity index (χ4v) is 1.48. The lowest BCUT2D eigenvalue weighted by molar-refractivity contribution is 0.258. The molecule has 1 saturated carbocycles. The molecule has 0 unspecified atom stereocenters. The zero-order valence-electron chi connectivity index (χ0n) is 6.42. The van der Waals surface area contributed by atoms with E-state index >= 15 is 0 Å². The van der Waals surface area contributed by atoms with Crippen LogP contribution in [0.15, 0.2) is 0 Å². The normalized spacial score (nSPS) is 17.9. The lowest BCUT2D eigenvalue weighted by Gasteiger charge is -2.02. The second-order valence-electron chi connectivity index (χ2n) is 2.66. The van der Waals surface area contributed by atoms with Crippen LogP contribution in [0, 0.1) is 18.8 Å². The van der Waals surface area contributed by atoms with Gasteiger partial charge in [-0.2, -0.15) is 0 Å². The Hall–Kier alpha value is -0.480. The lowest BCUT2D eigenvalue weighted by Crippen LogP contribution is -1.95. The van der Waals surface area contributed by atoms with E-state index in [2.05, 4.69) is 12.8 Å². The quantitative estimate of drug-likeness (QED) is 0.580. The van der Waals surface area contributed by atoms with E-state index < -0.39 is 0 Å².